The summed E-state index contributed by atoms with van der Waals surface area (Å²) in [5.41, 5.74) is 0. The Morgan fingerprint density at radius 2 is 1.10 bits per heavy atom. The number of ether oxygens (including phenoxy) is 2. The van der Waals surface area contributed by atoms with Gasteiger partial charge in [-0.05, 0) is 50.9 Å². The SMILES string of the molecule is CCCC[C@@H](C)[C@H](OC(=O)CC(CC(=O)O)C(=O)O)[C@H](C[C@@H](C)C[C@@H](O)CCCC[C@@H](O)C[C@H](O)[C@H](C)N=C[C@H](O)[C@@H](O)[C@H](O)[C@H](O)CO)OC(=O)CC(CC(=O)O)C(=O)O. The van der Waals surface area contributed by atoms with E-state index >= 15 is 0 Å². The molecule has 14 atom stereocenters. The zero-order chi connectivity index (χ0) is 47.0. The summed E-state index contributed by atoms with van der Waals surface area (Å²) in [6, 6.07) is -0.845. The second-order valence-electron chi connectivity index (χ2n) is 16.0. The van der Waals surface area contributed by atoms with Crippen molar-refractivity contribution in [3.05, 3.63) is 0 Å². The molecule has 0 aromatic carbocycles. The van der Waals surface area contributed by atoms with Crippen LogP contribution in [0, 0.1) is 23.7 Å². The van der Waals surface area contributed by atoms with Gasteiger partial charge in [-0.1, -0.05) is 46.5 Å². The maximum Gasteiger partial charge on any atom is 0.307 e. The van der Waals surface area contributed by atoms with E-state index in [0.717, 1.165) is 12.6 Å². The van der Waals surface area contributed by atoms with E-state index in [1.807, 2.05) is 6.92 Å². The first kappa shape index (κ1) is 57.2. The molecule has 0 spiro atoms. The number of rotatable bonds is 35. The summed E-state index contributed by atoms with van der Waals surface area (Å²) in [6.45, 7) is 5.94. The predicted octanol–water partition coefficient (Wildman–Crippen LogP) is 0.112. The Morgan fingerprint density at radius 3 is 1.56 bits per heavy atom. The van der Waals surface area contributed by atoms with Crippen LogP contribution in [0.15, 0.2) is 4.99 Å². The van der Waals surface area contributed by atoms with Crippen molar-refractivity contribution < 1.29 is 99.5 Å². The lowest BCUT2D eigenvalue weighted by molar-refractivity contribution is -0.177. The van der Waals surface area contributed by atoms with Gasteiger partial charge in [-0.3, -0.25) is 33.8 Å². The van der Waals surface area contributed by atoms with E-state index in [0.29, 0.717) is 25.7 Å². The van der Waals surface area contributed by atoms with Gasteiger partial charge in [0.15, 0.2) is 0 Å². The van der Waals surface area contributed by atoms with Gasteiger partial charge in [-0.25, -0.2) is 0 Å². The van der Waals surface area contributed by atoms with E-state index < -0.39 is 153 Å². The largest absolute Gasteiger partial charge is 0.481 e. The van der Waals surface area contributed by atoms with E-state index in [9.17, 15) is 74.7 Å². The third-order valence-electron chi connectivity index (χ3n) is 10.3. The Labute approximate surface area is 355 Å². The Balaban J connectivity index is 5.74. The quantitative estimate of drug-likeness (QED) is 0.0228. The fraction of sp³-hybridized carbons (Fsp3) is 0.825. The first-order valence-corrected chi connectivity index (χ1v) is 20.6. The number of carboxylic acid groups (broad SMARTS) is 4. The van der Waals surface area contributed by atoms with Gasteiger partial charge in [-0.2, -0.15) is 0 Å². The number of hydrogen-bond donors (Lipinski definition) is 12. The molecule has 2 unspecified atom stereocenters. The number of unbranched alkanes of at least 4 members (excludes halogenated alkanes) is 2. The van der Waals surface area contributed by atoms with E-state index in [-0.39, 0.29) is 32.1 Å². The molecule has 0 saturated heterocycles. The van der Waals surface area contributed by atoms with Crippen molar-refractivity contribution in [2.45, 2.75) is 179 Å². The van der Waals surface area contributed by atoms with Crippen LogP contribution in [0.25, 0.3) is 0 Å². The first-order valence-electron chi connectivity index (χ1n) is 20.6. The fourth-order valence-corrected chi connectivity index (χ4v) is 6.61. The zero-order valence-corrected chi connectivity index (χ0v) is 35.3. The highest BCUT2D eigenvalue weighted by molar-refractivity contribution is 5.84. The maximum atomic E-state index is 13.1. The number of aliphatic hydroxyl groups is 8. The van der Waals surface area contributed by atoms with Crippen LogP contribution < -0.4 is 0 Å². The summed E-state index contributed by atoms with van der Waals surface area (Å²) in [7, 11) is 0. The van der Waals surface area contributed by atoms with Crippen molar-refractivity contribution in [2.75, 3.05) is 6.61 Å². The highest BCUT2D eigenvalue weighted by atomic mass is 16.6. The molecule has 354 valence electrons. The molecule has 0 aliphatic rings. The average Bonchev–Trinajstić information content (AvgIpc) is 3.17. The summed E-state index contributed by atoms with van der Waals surface area (Å²) in [4.78, 5) is 76.0. The molecule has 0 aromatic heterocycles. The van der Waals surface area contributed by atoms with E-state index in [1.54, 1.807) is 13.8 Å². The van der Waals surface area contributed by atoms with Crippen molar-refractivity contribution in [1.29, 1.82) is 0 Å². The molecule has 0 bridgehead atoms. The molecule has 0 aliphatic heterocycles. The van der Waals surface area contributed by atoms with Crippen LogP contribution in [0.3, 0.4) is 0 Å². The van der Waals surface area contributed by atoms with Crippen molar-refractivity contribution in [3.63, 3.8) is 0 Å². The summed E-state index contributed by atoms with van der Waals surface area (Å²) in [5.74, 6) is -12.4. The second-order valence-corrected chi connectivity index (χ2v) is 16.0. The molecule has 0 rings (SSSR count). The number of esters is 2. The molecule has 0 radical (unpaired) electrons. The first-order chi connectivity index (χ1) is 28.4. The molecule has 0 amide bonds. The molecule has 0 saturated carbocycles. The van der Waals surface area contributed by atoms with Crippen LogP contribution in [0.1, 0.15) is 118 Å². The lowest BCUT2D eigenvalue weighted by Gasteiger charge is -2.33. The fourth-order valence-electron chi connectivity index (χ4n) is 6.61. The number of carboxylic acids is 4. The van der Waals surface area contributed by atoms with Crippen LogP contribution in [0.2, 0.25) is 0 Å². The Hall–Kier alpha value is -3.83. The van der Waals surface area contributed by atoms with Gasteiger partial charge in [0.25, 0.3) is 0 Å². The van der Waals surface area contributed by atoms with Gasteiger partial charge in [0, 0.05) is 12.6 Å². The molecule has 0 aromatic rings. The number of aliphatic imine (C=N–C) groups is 1. The van der Waals surface area contributed by atoms with Gasteiger partial charge in [0.2, 0.25) is 0 Å². The molecule has 0 aliphatic carbocycles. The molecular formula is C40H69NO20. The molecule has 21 nitrogen and oxygen atoms in total. The molecular weight excluding hydrogens is 814 g/mol. The van der Waals surface area contributed by atoms with Crippen LogP contribution in [0.4, 0.5) is 0 Å². The zero-order valence-electron chi connectivity index (χ0n) is 35.3. The lowest BCUT2D eigenvalue weighted by Crippen LogP contribution is -2.46. The van der Waals surface area contributed by atoms with Crippen molar-refractivity contribution >= 4 is 42.0 Å². The molecule has 21 heteroatoms. The maximum absolute atomic E-state index is 13.1. The summed E-state index contributed by atoms with van der Waals surface area (Å²) < 4.78 is 11.4. The predicted molar refractivity (Wildman–Crippen MR) is 213 cm³/mol. The van der Waals surface area contributed by atoms with Gasteiger partial charge in [-0.15, -0.1) is 0 Å². The number of hydrogen-bond acceptors (Lipinski definition) is 17. The number of aliphatic hydroxyl groups excluding tert-OH is 8. The number of carbonyl (C=O) groups is 6. The molecule has 61 heavy (non-hydrogen) atoms. The Kier molecular flexibility index (Phi) is 28.4. The smallest absolute Gasteiger partial charge is 0.307 e. The monoisotopic (exact) mass is 883 g/mol. The van der Waals surface area contributed by atoms with Gasteiger partial charge in [0.1, 0.15) is 36.6 Å². The van der Waals surface area contributed by atoms with E-state index in [4.69, 9.17) is 24.8 Å². The normalized spacial score (nSPS) is 18.8. The number of nitrogens with zero attached hydrogens (tertiary/aromatic N) is 1. The third-order valence-corrected chi connectivity index (χ3v) is 10.3. The topological polar surface area (TPSA) is 376 Å². The summed E-state index contributed by atoms with van der Waals surface area (Å²) in [5, 5.41) is 117. The number of aliphatic carboxylic acids is 4. The Morgan fingerprint density at radius 1 is 0.607 bits per heavy atom. The van der Waals surface area contributed by atoms with Crippen LogP contribution in [0.5, 0.6) is 0 Å². The van der Waals surface area contributed by atoms with Gasteiger partial charge >= 0.3 is 35.8 Å². The summed E-state index contributed by atoms with van der Waals surface area (Å²) in [6.07, 6.45) is -12.0. The minimum absolute atomic E-state index is 0.0379. The van der Waals surface area contributed by atoms with Crippen LogP contribution >= 0.6 is 0 Å². The van der Waals surface area contributed by atoms with Crippen molar-refractivity contribution in [1.82, 2.24) is 0 Å². The van der Waals surface area contributed by atoms with Crippen LogP contribution in [-0.2, 0) is 38.2 Å². The Bertz CT molecular complexity index is 1360. The van der Waals surface area contributed by atoms with E-state index in [2.05, 4.69) is 4.99 Å². The third kappa shape index (κ3) is 24.4. The standard InChI is InChI=1S/C40H69NO20/c1-5-6-9-22(3)38(61-35(53)17-25(40(58)59)15-33(50)51)31(60-34(52)16-24(39(56)57)14-32(48)49)13-21(2)12-26(43)10-7-8-11-27(44)18-28(45)23(4)41-19-29(46)36(54)37(55)30(47)20-42/h19,21-31,36-38,42-47,54-55H,5-18,20H2,1-4H3,(H,48,49)(H,50,51)(H,56,57)(H,58,59)/t21-,22+,23-,24?,25?,26-,27+,28-,29-,30+,31-,36+,37+,38-/m0/s1. The van der Waals surface area contributed by atoms with Crippen LogP contribution in [-0.4, -0.2) is 171 Å². The minimum atomic E-state index is -1.87. The average molecular weight is 884 g/mol. The highest BCUT2D eigenvalue weighted by Crippen LogP contribution is 2.29. The van der Waals surface area contributed by atoms with E-state index in [1.165, 1.54) is 6.92 Å². The number of carbonyl (C=O) groups excluding carboxylic acids is 2. The van der Waals surface area contributed by atoms with Gasteiger partial charge in [0.05, 0.1) is 68.5 Å². The lowest BCUT2D eigenvalue weighted by atomic mass is 9.87. The molecule has 12 N–H and O–H groups in total. The molecule has 0 fully saturated rings. The van der Waals surface area contributed by atoms with Gasteiger partial charge < -0.3 is 70.8 Å². The summed E-state index contributed by atoms with van der Waals surface area (Å²) >= 11 is 0. The van der Waals surface area contributed by atoms with Crippen molar-refractivity contribution in [2.24, 2.45) is 28.7 Å². The minimum Gasteiger partial charge on any atom is -0.481 e. The second kappa shape index (κ2) is 30.3. The highest BCUT2D eigenvalue weighted by Gasteiger charge is 2.37. The van der Waals surface area contributed by atoms with Crippen molar-refractivity contribution in [3.8, 4) is 0 Å². The molecule has 0 heterocycles.